The van der Waals surface area contributed by atoms with E-state index in [0.29, 0.717) is 25.4 Å². The summed E-state index contributed by atoms with van der Waals surface area (Å²) in [6.45, 7) is 5.20. The van der Waals surface area contributed by atoms with Gasteiger partial charge in [0.2, 0.25) is 5.91 Å². The number of aromatic hydroxyl groups is 1. The molecule has 1 aliphatic carbocycles. The third-order valence-corrected chi connectivity index (χ3v) is 7.34. The third-order valence-electron chi connectivity index (χ3n) is 7.34. The Labute approximate surface area is 179 Å². The minimum atomic E-state index is -0.669. The highest BCUT2D eigenvalue weighted by molar-refractivity contribution is 5.78. The number of hydrogen-bond acceptors (Lipinski definition) is 5. The quantitative estimate of drug-likeness (QED) is 0.769. The van der Waals surface area contributed by atoms with E-state index in [1.807, 2.05) is 24.0 Å². The Morgan fingerprint density at radius 1 is 1.13 bits per heavy atom. The number of aliphatic hydroxyl groups is 1. The zero-order valence-electron chi connectivity index (χ0n) is 18.2. The number of carbonyl (C=O) groups is 1. The van der Waals surface area contributed by atoms with E-state index in [9.17, 15) is 15.0 Å². The van der Waals surface area contributed by atoms with Crippen LogP contribution in [0.2, 0.25) is 0 Å². The summed E-state index contributed by atoms with van der Waals surface area (Å²) in [5, 5.41) is 21.6. The molecule has 6 heteroatoms. The van der Waals surface area contributed by atoms with E-state index >= 15 is 0 Å². The molecule has 6 nitrogen and oxygen atoms in total. The second kappa shape index (κ2) is 9.15. The molecule has 2 saturated heterocycles. The largest absolute Gasteiger partial charge is 0.504 e. The van der Waals surface area contributed by atoms with Crippen LogP contribution in [-0.4, -0.2) is 64.3 Å². The van der Waals surface area contributed by atoms with Crippen molar-refractivity contribution in [1.82, 2.24) is 9.80 Å². The van der Waals surface area contributed by atoms with Gasteiger partial charge in [-0.3, -0.25) is 9.69 Å². The first-order chi connectivity index (χ1) is 14.5. The van der Waals surface area contributed by atoms with Crippen molar-refractivity contribution < 1.29 is 19.7 Å². The maximum Gasteiger partial charge on any atom is 0.236 e. The number of likely N-dealkylation sites (tertiary alicyclic amines) is 2. The van der Waals surface area contributed by atoms with E-state index in [4.69, 9.17) is 4.74 Å². The number of phenolic OH excluding ortho intramolecular Hbond substituents is 1. The molecule has 2 heterocycles. The van der Waals surface area contributed by atoms with Gasteiger partial charge in [-0.2, -0.15) is 0 Å². The topological polar surface area (TPSA) is 73.2 Å². The van der Waals surface area contributed by atoms with Crippen LogP contribution in [0, 0.1) is 5.92 Å². The Kier molecular flexibility index (Phi) is 6.54. The number of hydrogen-bond donors (Lipinski definition) is 2. The molecule has 3 unspecified atom stereocenters. The average Bonchev–Trinajstić information content (AvgIpc) is 2.76. The van der Waals surface area contributed by atoms with Crippen LogP contribution in [0.4, 0.5) is 0 Å². The first-order valence-corrected chi connectivity index (χ1v) is 11.7. The predicted molar refractivity (Wildman–Crippen MR) is 116 cm³/mol. The molecule has 3 fully saturated rings. The lowest BCUT2D eigenvalue weighted by molar-refractivity contribution is -0.145. The molecule has 1 saturated carbocycles. The summed E-state index contributed by atoms with van der Waals surface area (Å²) >= 11 is 0. The van der Waals surface area contributed by atoms with E-state index in [-0.39, 0.29) is 23.6 Å². The van der Waals surface area contributed by atoms with Crippen molar-refractivity contribution in [1.29, 1.82) is 0 Å². The lowest BCUT2D eigenvalue weighted by Gasteiger charge is -2.52. The Morgan fingerprint density at radius 3 is 2.70 bits per heavy atom. The minimum absolute atomic E-state index is 0.0439. The van der Waals surface area contributed by atoms with Gasteiger partial charge in [0.1, 0.15) is 0 Å². The van der Waals surface area contributed by atoms with E-state index in [0.717, 1.165) is 63.6 Å². The maximum atomic E-state index is 13.1. The van der Waals surface area contributed by atoms with Gasteiger partial charge in [-0.05, 0) is 63.1 Å². The highest BCUT2D eigenvalue weighted by Gasteiger charge is 2.49. The summed E-state index contributed by atoms with van der Waals surface area (Å²) < 4.78 is 5.63. The summed E-state index contributed by atoms with van der Waals surface area (Å²) in [7, 11) is 0. The first kappa shape index (κ1) is 21.4. The number of rotatable bonds is 5. The monoisotopic (exact) mass is 416 g/mol. The summed E-state index contributed by atoms with van der Waals surface area (Å²) in [6.07, 6.45) is 8.07. The zero-order chi connectivity index (χ0) is 21.1. The van der Waals surface area contributed by atoms with Crippen LogP contribution in [0.5, 0.6) is 11.5 Å². The van der Waals surface area contributed by atoms with Crippen molar-refractivity contribution >= 4 is 5.91 Å². The van der Waals surface area contributed by atoms with Crippen LogP contribution >= 0.6 is 0 Å². The van der Waals surface area contributed by atoms with Crippen LogP contribution in [0.3, 0.4) is 0 Å². The van der Waals surface area contributed by atoms with Crippen LogP contribution in [0.1, 0.15) is 69.9 Å². The van der Waals surface area contributed by atoms with Gasteiger partial charge in [0.25, 0.3) is 0 Å². The molecule has 30 heavy (non-hydrogen) atoms. The van der Waals surface area contributed by atoms with Crippen LogP contribution in [0.15, 0.2) is 18.2 Å². The average molecular weight is 417 g/mol. The number of nitrogens with zero attached hydrogens (tertiary/aromatic N) is 2. The number of carbonyl (C=O) groups excluding carboxylic acids is 1. The Balaban J connectivity index is 1.63. The molecule has 2 N–H and O–H groups in total. The molecular weight excluding hydrogens is 380 g/mol. The number of amides is 1. The highest BCUT2D eigenvalue weighted by atomic mass is 16.5. The molecule has 0 radical (unpaired) electrons. The summed E-state index contributed by atoms with van der Waals surface area (Å²) in [6, 6.07) is 5.47. The number of piperidine rings is 2. The second-order valence-corrected chi connectivity index (χ2v) is 9.22. The van der Waals surface area contributed by atoms with E-state index < -0.39 is 5.60 Å². The lowest BCUT2D eigenvalue weighted by Crippen LogP contribution is -2.56. The van der Waals surface area contributed by atoms with E-state index in [2.05, 4.69) is 4.90 Å². The molecular formula is C24H36N2O4. The number of benzene rings is 1. The molecule has 0 aromatic heterocycles. The second-order valence-electron chi connectivity index (χ2n) is 9.22. The Bertz CT molecular complexity index is 749. The van der Waals surface area contributed by atoms with Crippen LogP contribution < -0.4 is 4.74 Å². The van der Waals surface area contributed by atoms with Crippen LogP contribution in [0.25, 0.3) is 0 Å². The van der Waals surface area contributed by atoms with Crippen LogP contribution in [-0.2, 0) is 4.79 Å². The van der Waals surface area contributed by atoms with Gasteiger partial charge in [-0.15, -0.1) is 0 Å². The maximum absolute atomic E-state index is 13.1. The fourth-order valence-corrected chi connectivity index (χ4v) is 5.77. The third kappa shape index (κ3) is 4.30. The summed E-state index contributed by atoms with van der Waals surface area (Å²) in [5.41, 5.74) is 0.352. The standard InChI is InChI=1S/C24H36N2O4/c1-2-30-21-16-18(9-10-20(21)27)23-19-8-4-5-11-24(19,29)12-15-26(23)17-22(28)25-13-6-3-7-14-25/h9-10,16,19,23,27,29H,2-8,11-15,17H2,1H3. The van der Waals surface area contributed by atoms with E-state index in [1.54, 1.807) is 6.07 Å². The molecule has 1 aromatic rings. The predicted octanol–water partition coefficient (Wildman–Crippen LogP) is 3.47. The first-order valence-electron chi connectivity index (χ1n) is 11.7. The fraction of sp³-hybridized carbons (Fsp3) is 0.708. The normalized spacial score (nSPS) is 30.0. The van der Waals surface area contributed by atoms with Gasteiger partial charge < -0.3 is 19.8 Å². The smallest absolute Gasteiger partial charge is 0.236 e. The fourth-order valence-electron chi connectivity index (χ4n) is 5.77. The molecule has 1 amide bonds. The van der Waals surface area contributed by atoms with Gasteiger partial charge in [0.15, 0.2) is 11.5 Å². The number of phenols is 1. The minimum Gasteiger partial charge on any atom is -0.504 e. The van der Waals surface area contributed by atoms with Gasteiger partial charge >= 0.3 is 0 Å². The molecule has 3 aliphatic rings. The molecule has 2 aliphatic heterocycles. The zero-order valence-corrected chi connectivity index (χ0v) is 18.2. The van der Waals surface area contributed by atoms with Crippen molar-refractivity contribution in [2.24, 2.45) is 5.92 Å². The van der Waals surface area contributed by atoms with Crippen molar-refractivity contribution in [3.63, 3.8) is 0 Å². The van der Waals surface area contributed by atoms with Gasteiger partial charge in [-0.25, -0.2) is 0 Å². The van der Waals surface area contributed by atoms with Gasteiger partial charge in [-0.1, -0.05) is 18.9 Å². The number of fused-ring (bicyclic) bond motifs is 1. The number of ether oxygens (including phenoxy) is 1. The molecule has 1 aromatic carbocycles. The molecule has 4 rings (SSSR count). The van der Waals surface area contributed by atoms with Crippen molar-refractivity contribution in [3.8, 4) is 11.5 Å². The summed E-state index contributed by atoms with van der Waals surface area (Å²) in [4.78, 5) is 17.3. The Hall–Kier alpha value is -1.79. The Morgan fingerprint density at radius 2 is 1.93 bits per heavy atom. The SMILES string of the molecule is CCOc1cc(C2C3CCCCC3(O)CCN2CC(=O)N2CCCCC2)ccc1O. The van der Waals surface area contributed by atoms with E-state index in [1.165, 1.54) is 6.42 Å². The van der Waals surface area contributed by atoms with Crippen molar-refractivity contribution in [2.45, 2.75) is 69.9 Å². The van der Waals surface area contributed by atoms with Crippen molar-refractivity contribution in [2.75, 3.05) is 32.8 Å². The highest BCUT2D eigenvalue weighted by Crippen LogP contribution is 2.50. The van der Waals surface area contributed by atoms with Gasteiger partial charge in [0, 0.05) is 31.6 Å². The lowest BCUT2D eigenvalue weighted by atomic mass is 9.66. The molecule has 3 atom stereocenters. The molecule has 0 bridgehead atoms. The van der Waals surface area contributed by atoms with Gasteiger partial charge in [0.05, 0.1) is 18.8 Å². The summed E-state index contributed by atoms with van der Waals surface area (Å²) in [5.74, 6) is 0.895. The molecule has 166 valence electrons. The van der Waals surface area contributed by atoms with Crippen molar-refractivity contribution in [3.05, 3.63) is 23.8 Å². The molecule has 0 spiro atoms.